The van der Waals surface area contributed by atoms with E-state index in [1.165, 1.54) is 12.8 Å². The molecule has 45 valence electrons. The first-order chi connectivity index (χ1) is 2.89. The molecule has 0 aliphatic carbocycles. The van der Waals surface area contributed by atoms with Gasteiger partial charge in [0.25, 0.3) is 0 Å². The molecule has 0 amide bonds. The number of hydrogen-bond acceptors (Lipinski definition) is 0. The van der Waals surface area contributed by atoms with Crippen LogP contribution in [0.4, 0.5) is 0 Å². The standard InChI is InChI=1S/C5H9N.U.V/c1-5-3-2-4-6-5;;/h5H,1-4H2;;/q-2;;. The molecule has 1 fully saturated rings. The Morgan fingerprint density at radius 2 is 2.12 bits per heavy atom. The van der Waals surface area contributed by atoms with Gasteiger partial charge in [-0.3, -0.25) is 6.04 Å². The average Bonchev–Trinajstić information content (AvgIpc) is 1.86. The summed E-state index contributed by atoms with van der Waals surface area (Å²) in [4.78, 5) is 0. The van der Waals surface area contributed by atoms with Crippen molar-refractivity contribution in [3.05, 3.63) is 12.2 Å². The molecule has 1 radical (unpaired) electrons. The molecule has 0 aromatic rings. The van der Waals surface area contributed by atoms with Crippen LogP contribution >= 0.6 is 0 Å². The van der Waals surface area contributed by atoms with Crippen LogP contribution in [-0.2, 0) is 18.6 Å². The normalized spacial score (nSPS) is 25.9. The van der Waals surface area contributed by atoms with Gasteiger partial charge < -0.3 is 12.2 Å². The molecule has 1 nitrogen and oxygen atoms in total. The summed E-state index contributed by atoms with van der Waals surface area (Å²) in [5, 5.41) is 4.12. The summed E-state index contributed by atoms with van der Waals surface area (Å²) in [6.07, 6.45) is 2.47. The van der Waals surface area contributed by atoms with Crippen LogP contribution < -0.4 is 0 Å². The van der Waals surface area contributed by atoms with E-state index >= 15 is 0 Å². The summed E-state index contributed by atoms with van der Waals surface area (Å²) >= 11 is 0. The quantitative estimate of drug-likeness (QED) is 0.571. The first-order valence-corrected chi connectivity index (χ1v) is 2.39. The molecule has 1 saturated heterocycles. The fourth-order valence-corrected chi connectivity index (χ4v) is 0.692. The Morgan fingerprint density at radius 3 is 2.25 bits per heavy atom. The maximum Gasteiger partial charge on any atom is 0 e. The Morgan fingerprint density at radius 1 is 1.50 bits per heavy atom. The smallest absolute Gasteiger partial charge is 0 e. The molecule has 1 heterocycles. The molecular weight excluding hydrogens is 363 g/mol. The van der Waals surface area contributed by atoms with Gasteiger partial charge >= 0.3 is 0 Å². The molecule has 1 atom stereocenters. The third-order valence-electron chi connectivity index (χ3n) is 1.08. The van der Waals surface area contributed by atoms with Crippen molar-refractivity contribution in [3.8, 4) is 0 Å². The second-order valence-corrected chi connectivity index (χ2v) is 1.70. The van der Waals surface area contributed by atoms with Gasteiger partial charge in [0.2, 0.25) is 0 Å². The van der Waals surface area contributed by atoms with E-state index in [9.17, 15) is 0 Å². The molecule has 1 rings (SSSR count). The van der Waals surface area contributed by atoms with Crippen LogP contribution in [-0.4, -0.2) is 12.6 Å². The zero-order chi connectivity index (χ0) is 4.41. The molecule has 0 bridgehead atoms. The number of hydrogen-bond donors (Lipinski definition) is 0. The zero-order valence-electron chi connectivity index (χ0n) is 4.80. The Hall–Kier alpha value is 1.60. The van der Waals surface area contributed by atoms with Crippen molar-refractivity contribution in [1.29, 1.82) is 0 Å². The van der Waals surface area contributed by atoms with E-state index < -0.39 is 0 Å². The van der Waals surface area contributed by atoms with Crippen LogP contribution in [0.1, 0.15) is 12.8 Å². The van der Waals surface area contributed by atoms with E-state index in [1.807, 2.05) is 0 Å². The monoisotopic (exact) mass is 372 g/mol. The van der Waals surface area contributed by atoms with Crippen molar-refractivity contribution < 1.29 is 49.7 Å². The van der Waals surface area contributed by atoms with E-state index in [0.717, 1.165) is 6.54 Å². The van der Waals surface area contributed by atoms with E-state index in [2.05, 4.69) is 12.2 Å². The van der Waals surface area contributed by atoms with Gasteiger partial charge in [-0.1, -0.05) is 12.8 Å². The summed E-state index contributed by atoms with van der Waals surface area (Å²) in [5.74, 6) is 0. The summed E-state index contributed by atoms with van der Waals surface area (Å²) in [5.41, 5.74) is 0. The maximum atomic E-state index is 4.12. The number of nitrogens with zero attached hydrogens (tertiary/aromatic N) is 1. The summed E-state index contributed by atoms with van der Waals surface area (Å²) < 4.78 is 0. The SMILES string of the molecule is [CH2-]C1CCC[N-]1.[U].[V]. The second kappa shape index (κ2) is 6.71. The predicted molar refractivity (Wildman–Crippen MR) is 26.6 cm³/mol. The largest absolute Gasteiger partial charge is 0.686 e. The van der Waals surface area contributed by atoms with Gasteiger partial charge in [0.05, 0.1) is 0 Å². The molecule has 0 saturated carbocycles. The van der Waals surface area contributed by atoms with Gasteiger partial charge in [-0.15, -0.1) is 0 Å². The van der Waals surface area contributed by atoms with Crippen LogP contribution in [0.2, 0.25) is 0 Å². The molecular formula is C5H9NUV-2. The molecule has 0 spiro atoms. The van der Waals surface area contributed by atoms with Gasteiger partial charge in [-0.05, 0) is 0 Å². The summed E-state index contributed by atoms with van der Waals surface area (Å²) in [6, 6.07) is 0.421. The second-order valence-electron chi connectivity index (χ2n) is 1.70. The molecule has 0 aromatic heterocycles. The van der Waals surface area contributed by atoms with Gasteiger partial charge in [-0.2, -0.15) is 6.54 Å². The summed E-state index contributed by atoms with van der Waals surface area (Å²) in [7, 11) is 0. The molecule has 1 aliphatic rings. The first kappa shape index (κ1) is 12.3. The van der Waals surface area contributed by atoms with E-state index in [1.54, 1.807) is 0 Å². The molecule has 1 unspecified atom stereocenters. The van der Waals surface area contributed by atoms with E-state index in [4.69, 9.17) is 0 Å². The predicted octanol–water partition coefficient (Wildman–Crippen LogP) is 1.35. The third-order valence-corrected chi connectivity index (χ3v) is 1.08. The van der Waals surface area contributed by atoms with Crippen molar-refractivity contribution >= 4 is 0 Å². The number of rotatable bonds is 0. The summed E-state index contributed by atoms with van der Waals surface area (Å²) in [6.45, 7) is 4.82. The topological polar surface area (TPSA) is 14.1 Å². The van der Waals surface area contributed by atoms with Crippen LogP contribution in [0.5, 0.6) is 0 Å². The van der Waals surface area contributed by atoms with Gasteiger partial charge in [0, 0.05) is 49.7 Å². The van der Waals surface area contributed by atoms with Gasteiger partial charge in [0.15, 0.2) is 0 Å². The van der Waals surface area contributed by atoms with Crippen molar-refractivity contribution in [1.82, 2.24) is 0 Å². The van der Waals surface area contributed by atoms with Gasteiger partial charge in [-0.25, -0.2) is 0 Å². The Kier molecular flexibility index (Phi) is 10.3. The minimum absolute atomic E-state index is 0. The van der Waals surface area contributed by atoms with Crippen molar-refractivity contribution in [3.63, 3.8) is 0 Å². The first-order valence-electron chi connectivity index (χ1n) is 2.39. The van der Waals surface area contributed by atoms with Crippen LogP contribution in [0.15, 0.2) is 0 Å². The van der Waals surface area contributed by atoms with Crippen molar-refractivity contribution in [2.45, 2.75) is 18.9 Å². The Balaban J connectivity index is 0. The van der Waals surface area contributed by atoms with Crippen LogP contribution in [0.3, 0.4) is 0 Å². The Labute approximate surface area is 86.6 Å². The average molecular weight is 372 g/mol. The van der Waals surface area contributed by atoms with E-state index in [-0.39, 0.29) is 49.7 Å². The minimum Gasteiger partial charge on any atom is -0.686 e. The molecule has 0 N–H and O–H groups in total. The molecule has 3 heteroatoms. The van der Waals surface area contributed by atoms with E-state index in [0.29, 0.717) is 6.04 Å². The third kappa shape index (κ3) is 4.47. The molecule has 8 heavy (non-hydrogen) atoms. The Bertz CT molecular complexity index is 45.7. The minimum atomic E-state index is 0. The van der Waals surface area contributed by atoms with Crippen LogP contribution in [0, 0.1) is 38.0 Å². The molecule has 0 aromatic carbocycles. The van der Waals surface area contributed by atoms with Crippen molar-refractivity contribution in [2.24, 2.45) is 0 Å². The fourth-order valence-electron chi connectivity index (χ4n) is 0.692. The molecule has 1 aliphatic heterocycles. The van der Waals surface area contributed by atoms with Crippen molar-refractivity contribution in [2.75, 3.05) is 6.54 Å². The van der Waals surface area contributed by atoms with Crippen LogP contribution in [0.25, 0.3) is 5.32 Å². The zero-order valence-corrected chi connectivity index (χ0v) is 10.4. The maximum absolute atomic E-state index is 4.12. The fraction of sp³-hybridized carbons (Fsp3) is 0.800. The van der Waals surface area contributed by atoms with Gasteiger partial charge in [0.1, 0.15) is 0 Å².